The van der Waals surface area contributed by atoms with Crippen LogP contribution in [-0.4, -0.2) is 25.3 Å². The molecule has 0 bridgehead atoms. The Balaban J connectivity index is 2.62. The van der Waals surface area contributed by atoms with Gasteiger partial charge in [-0.15, -0.1) is 0 Å². The summed E-state index contributed by atoms with van der Waals surface area (Å²) in [6.07, 6.45) is 1.30. The molecule has 1 aromatic rings. The van der Waals surface area contributed by atoms with Crippen LogP contribution in [0.15, 0.2) is 24.3 Å². The molecule has 0 amide bonds. The standard InChI is InChI=1S/C16H26ClNO/c1-12(2)18-11-15(8-9-19-13(3)4)14-6-5-7-16(17)10-14/h5-7,10,12-13,15,18H,8-9,11H2,1-4H3. The molecule has 0 aliphatic rings. The van der Waals surface area contributed by atoms with Crippen molar-refractivity contribution < 1.29 is 4.74 Å². The Hall–Kier alpha value is -0.570. The molecule has 1 atom stereocenters. The van der Waals surface area contributed by atoms with Crippen LogP contribution in [0.4, 0.5) is 0 Å². The van der Waals surface area contributed by atoms with Gasteiger partial charge in [0.2, 0.25) is 0 Å². The maximum Gasteiger partial charge on any atom is 0.0518 e. The topological polar surface area (TPSA) is 21.3 Å². The molecule has 19 heavy (non-hydrogen) atoms. The van der Waals surface area contributed by atoms with Crippen molar-refractivity contribution in [3.05, 3.63) is 34.9 Å². The van der Waals surface area contributed by atoms with Gasteiger partial charge in [-0.3, -0.25) is 0 Å². The van der Waals surface area contributed by atoms with Gasteiger partial charge >= 0.3 is 0 Å². The molecular formula is C16H26ClNO. The monoisotopic (exact) mass is 283 g/mol. The van der Waals surface area contributed by atoms with E-state index in [0.717, 1.165) is 24.6 Å². The number of rotatable bonds is 8. The average molecular weight is 284 g/mol. The molecule has 0 aliphatic carbocycles. The lowest BCUT2D eigenvalue weighted by Gasteiger charge is -2.20. The summed E-state index contributed by atoms with van der Waals surface area (Å²) in [5, 5.41) is 4.31. The second kappa shape index (κ2) is 8.57. The van der Waals surface area contributed by atoms with E-state index in [-0.39, 0.29) is 6.10 Å². The van der Waals surface area contributed by atoms with Crippen LogP contribution in [0.3, 0.4) is 0 Å². The highest BCUT2D eigenvalue weighted by molar-refractivity contribution is 6.30. The Kier molecular flexibility index (Phi) is 7.44. The van der Waals surface area contributed by atoms with E-state index in [1.54, 1.807) is 0 Å². The van der Waals surface area contributed by atoms with Crippen molar-refractivity contribution >= 4 is 11.6 Å². The summed E-state index contributed by atoms with van der Waals surface area (Å²) in [5.74, 6) is 0.444. The minimum Gasteiger partial charge on any atom is -0.379 e. The quantitative estimate of drug-likeness (QED) is 0.771. The summed E-state index contributed by atoms with van der Waals surface area (Å²) >= 11 is 6.08. The highest BCUT2D eigenvalue weighted by Gasteiger charge is 2.12. The molecule has 1 rings (SSSR count). The highest BCUT2D eigenvalue weighted by atomic mass is 35.5. The number of hydrogen-bond acceptors (Lipinski definition) is 2. The summed E-state index contributed by atoms with van der Waals surface area (Å²) < 4.78 is 5.67. The Morgan fingerprint density at radius 3 is 2.53 bits per heavy atom. The molecule has 1 unspecified atom stereocenters. The molecule has 108 valence electrons. The van der Waals surface area contributed by atoms with E-state index in [9.17, 15) is 0 Å². The fraction of sp³-hybridized carbons (Fsp3) is 0.625. The lowest BCUT2D eigenvalue weighted by Crippen LogP contribution is -2.28. The van der Waals surface area contributed by atoms with E-state index >= 15 is 0 Å². The molecule has 0 saturated heterocycles. The SMILES string of the molecule is CC(C)NCC(CCOC(C)C)c1cccc(Cl)c1. The molecule has 2 nitrogen and oxygen atoms in total. The van der Waals surface area contributed by atoms with Crippen LogP contribution >= 0.6 is 11.6 Å². The highest BCUT2D eigenvalue weighted by Crippen LogP contribution is 2.22. The van der Waals surface area contributed by atoms with E-state index < -0.39 is 0 Å². The van der Waals surface area contributed by atoms with E-state index in [4.69, 9.17) is 16.3 Å². The van der Waals surface area contributed by atoms with Gasteiger partial charge in [0.15, 0.2) is 0 Å². The normalized spacial score (nSPS) is 13.2. The van der Waals surface area contributed by atoms with Gasteiger partial charge in [0.25, 0.3) is 0 Å². The van der Waals surface area contributed by atoms with Crippen molar-refractivity contribution in [2.75, 3.05) is 13.2 Å². The molecular weight excluding hydrogens is 258 g/mol. The first-order valence-corrected chi connectivity index (χ1v) is 7.47. The van der Waals surface area contributed by atoms with Gasteiger partial charge in [-0.05, 0) is 43.9 Å². The minimum absolute atomic E-state index is 0.290. The van der Waals surface area contributed by atoms with Crippen molar-refractivity contribution in [3.8, 4) is 0 Å². The van der Waals surface area contributed by atoms with Crippen LogP contribution in [0.5, 0.6) is 0 Å². The summed E-state index contributed by atoms with van der Waals surface area (Å²) in [6.45, 7) is 10.2. The van der Waals surface area contributed by atoms with Gasteiger partial charge < -0.3 is 10.1 Å². The summed E-state index contributed by atoms with van der Waals surface area (Å²) in [5.41, 5.74) is 1.29. The zero-order valence-electron chi connectivity index (χ0n) is 12.4. The van der Waals surface area contributed by atoms with Crippen LogP contribution in [0.1, 0.15) is 45.6 Å². The van der Waals surface area contributed by atoms with E-state index in [1.165, 1.54) is 5.56 Å². The molecule has 0 spiro atoms. The number of hydrogen-bond donors (Lipinski definition) is 1. The number of ether oxygens (including phenoxy) is 1. The first-order valence-electron chi connectivity index (χ1n) is 7.09. The Labute approximate surface area is 122 Å². The predicted octanol–water partition coefficient (Wildman–Crippen LogP) is 4.24. The van der Waals surface area contributed by atoms with Crippen molar-refractivity contribution in [3.63, 3.8) is 0 Å². The number of halogens is 1. The van der Waals surface area contributed by atoms with Gasteiger partial charge in [0.1, 0.15) is 0 Å². The smallest absolute Gasteiger partial charge is 0.0518 e. The van der Waals surface area contributed by atoms with Gasteiger partial charge in [-0.1, -0.05) is 37.6 Å². The molecule has 0 saturated carbocycles. The third-order valence-corrected chi connectivity index (χ3v) is 3.25. The summed E-state index contributed by atoms with van der Waals surface area (Å²) in [6, 6.07) is 8.64. The van der Waals surface area contributed by atoms with Gasteiger partial charge in [0, 0.05) is 24.2 Å². The van der Waals surface area contributed by atoms with Crippen LogP contribution in [0.2, 0.25) is 5.02 Å². The van der Waals surface area contributed by atoms with Gasteiger partial charge in [-0.2, -0.15) is 0 Å². The number of benzene rings is 1. The van der Waals surface area contributed by atoms with Crippen LogP contribution < -0.4 is 5.32 Å². The molecule has 3 heteroatoms. The maximum atomic E-state index is 6.08. The Bertz CT molecular complexity index is 366. The first kappa shape index (κ1) is 16.5. The molecule has 0 radical (unpaired) electrons. The number of nitrogens with one attached hydrogen (secondary N) is 1. The zero-order valence-corrected chi connectivity index (χ0v) is 13.2. The average Bonchev–Trinajstić information content (AvgIpc) is 2.32. The predicted molar refractivity (Wildman–Crippen MR) is 83.0 cm³/mol. The third kappa shape index (κ3) is 6.95. The van der Waals surface area contributed by atoms with Crippen molar-refractivity contribution in [1.29, 1.82) is 0 Å². The Morgan fingerprint density at radius 2 is 1.95 bits per heavy atom. The van der Waals surface area contributed by atoms with Gasteiger partial charge in [-0.25, -0.2) is 0 Å². The summed E-state index contributed by atoms with van der Waals surface area (Å²) in [4.78, 5) is 0. The largest absolute Gasteiger partial charge is 0.379 e. The van der Waals surface area contributed by atoms with Crippen LogP contribution in [0.25, 0.3) is 0 Å². The fourth-order valence-corrected chi connectivity index (χ4v) is 2.17. The second-order valence-electron chi connectivity index (χ2n) is 5.52. The van der Waals surface area contributed by atoms with E-state index in [1.807, 2.05) is 12.1 Å². The zero-order chi connectivity index (χ0) is 14.3. The fourth-order valence-electron chi connectivity index (χ4n) is 1.97. The molecule has 0 heterocycles. The third-order valence-electron chi connectivity index (χ3n) is 3.01. The van der Waals surface area contributed by atoms with E-state index in [2.05, 4.69) is 45.1 Å². The second-order valence-corrected chi connectivity index (χ2v) is 5.96. The molecule has 0 aliphatic heterocycles. The van der Waals surface area contributed by atoms with Crippen molar-refractivity contribution in [2.24, 2.45) is 0 Å². The Morgan fingerprint density at radius 1 is 1.21 bits per heavy atom. The molecule has 0 fully saturated rings. The molecule has 1 aromatic carbocycles. The van der Waals surface area contributed by atoms with Crippen molar-refractivity contribution in [2.45, 2.75) is 52.2 Å². The lowest BCUT2D eigenvalue weighted by molar-refractivity contribution is 0.0732. The van der Waals surface area contributed by atoms with Crippen LogP contribution in [0, 0.1) is 0 Å². The molecule has 1 N–H and O–H groups in total. The van der Waals surface area contributed by atoms with Crippen LogP contribution in [-0.2, 0) is 4.74 Å². The van der Waals surface area contributed by atoms with Gasteiger partial charge in [0.05, 0.1) is 6.10 Å². The summed E-state index contributed by atoms with van der Waals surface area (Å²) in [7, 11) is 0. The molecule has 0 aromatic heterocycles. The minimum atomic E-state index is 0.290. The lowest BCUT2D eigenvalue weighted by atomic mass is 9.95. The van der Waals surface area contributed by atoms with E-state index in [0.29, 0.717) is 12.0 Å². The maximum absolute atomic E-state index is 6.08. The van der Waals surface area contributed by atoms with Crippen molar-refractivity contribution in [1.82, 2.24) is 5.32 Å². The first-order chi connectivity index (χ1) is 8.99.